The monoisotopic (exact) mass is 537 g/mol. The van der Waals surface area contributed by atoms with E-state index in [2.05, 4.69) is 9.89 Å². The second-order valence-corrected chi connectivity index (χ2v) is 10.1. The van der Waals surface area contributed by atoms with E-state index in [-0.39, 0.29) is 12.2 Å². The van der Waals surface area contributed by atoms with Crippen LogP contribution in [-0.4, -0.2) is 44.5 Å². The van der Waals surface area contributed by atoms with Gasteiger partial charge in [-0.1, -0.05) is 11.3 Å². The molecule has 0 N–H and O–H groups in total. The predicted octanol–water partition coefficient (Wildman–Crippen LogP) is 3.40. The van der Waals surface area contributed by atoms with Crippen molar-refractivity contribution in [2.45, 2.75) is 39.2 Å². The zero-order chi connectivity index (χ0) is 26.8. The molecule has 2 aromatic heterocycles. The molecule has 0 bridgehead atoms. The van der Waals surface area contributed by atoms with Gasteiger partial charge in [0.2, 0.25) is 0 Å². The summed E-state index contributed by atoms with van der Waals surface area (Å²) >= 11 is 1.25. The topological polar surface area (TPSA) is 95.5 Å². The van der Waals surface area contributed by atoms with Crippen molar-refractivity contribution in [3.8, 4) is 11.5 Å². The van der Waals surface area contributed by atoms with Crippen LogP contribution in [0.3, 0.4) is 0 Å². The fraction of sp³-hybridized carbons (Fsp3) is 0.393. The van der Waals surface area contributed by atoms with Crippen molar-refractivity contribution in [3.05, 3.63) is 72.6 Å². The largest absolute Gasteiger partial charge is 0.497 e. The van der Waals surface area contributed by atoms with Crippen molar-refractivity contribution in [1.29, 1.82) is 0 Å². The lowest BCUT2D eigenvalue weighted by atomic mass is 9.95. The lowest BCUT2D eigenvalue weighted by Crippen LogP contribution is -2.40. The van der Waals surface area contributed by atoms with Crippen LogP contribution in [-0.2, 0) is 9.53 Å². The summed E-state index contributed by atoms with van der Waals surface area (Å²) < 4.78 is 24.5. The number of carbonyl (C=O) groups excluding carboxylic acids is 1. The van der Waals surface area contributed by atoms with Crippen LogP contribution in [0.1, 0.15) is 50.5 Å². The van der Waals surface area contributed by atoms with Crippen molar-refractivity contribution in [2.24, 2.45) is 4.99 Å². The fourth-order valence-electron chi connectivity index (χ4n) is 4.96. The van der Waals surface area contributed by atoms with Gasteiger partial charge in [-0.3, -0.25) is 9.36 Å². The number of aromatic nitrogens is 1. The number of fused-ring (bicyclic) bond motifs is 1. The highest BCUT2D eigenvalue weighted by Crippen LogP contribution is 2.37. The number of ether oxygens (including phenoxy) is 3. The van der Waals surface area contributed by atoms with E-state index in [0.717, 1.165) is 31.8 Å². The number of piperidine rings is 1. The van der Waals surface area contributed by atoms with Gasteiger partial charge in [0, 0.05) is 36.9 Å². The van der Waals surface area contributed by atoms with E-state index in [0.29, 0.717) is 43.4 Å². The third-order valence-corrected chi connectivity index (χ3v) is 7.79. The normalized spacial score (nSPS) is 17.7. The Morgan fingerprint density at radius 1 is 1.16 bits per heavy atom. The fourth-order valence-corrected chi connectivity index (χ4v) is 5.99. The van der Waals surface area contributed by atoms with Crippen molar-refractivity contribution < 1.29 is 23.4 Å². The van der Waals surface area contributed by atoms with Gasteiger partial charge in [0.1, 0.15) is 23.3 Å². The molecule has 200 valence electrons. The molecule has 0 unspecified atom stereocenters. The molecule has 0 aliphatic carbocycles. The van der Waals surface area contributed by atoms with E-state index < -0.39 is 12.0 Å². The van der Waals surface area contributed by atoms with Gasteiger partial charge >= 0.3 is 5.97 Å². The van der Waals surface area contributed by atoms with Gasteiger partial charge in [-0.15, -0.1) is 0 Å². The number of rotatable bonds is 7. The number of nitrogens with zero attached hydrogens (tertiary/aromatic N) is 3. The van der Waals surface area contributed by atoms with Crippen LogP contribution in [0.25, 0.3) is 6.08 Å². The SMILES string of the molecule is CCOC(=O)C1=C(C)N=c2s/c(=C/c3ccc(N4CCCCC4)o3)c(=O)n2[C@@H]1c1ccc(OC)cc1OC. The number of anilines is 1. The first-order valence-corrected chi connectivity index (χ1v) is 13.5. The summed E-state index contributed by atoms with van der Waals surface area (Å²) in [5.41, 5.74) is 1.13. The average molecular weight is 538 g/mol. The zero-order valence-electron chi connectivity index (χ0n) is 22.0. The maximum Gasteiger partial charge on any atom is 0.338 e. The number of methoxy groups -OCH3 is 2. The maximum atomic E-state index is 13.9. The molecule has 4 heterocycles. The molecule has 1 fully saturated rings. The van der Waals surface area contributed by atoms with Crippen LogP contribution in [0.2, 0.25) is 0 Å². The van der Waals surface area contributed by atoms with E-state index in [1.54, 1.807) is 52.3 Å². The summed E-state index contributed by atoms with van der Waals surface area (Å²) in [6.07, 6.45) is 5.26. The molecule has 1 saturated heterocycles. The third kappa shape index (κ3) is 4.76. The highest BCUT2D eigenvalue weighted by Gasteiger charge is 2.35. The molecule has 0 amide bonds. The summed E-state index contributed by atoms with van der Waals surface area (Å²) in [5, 5.41) is 0. The third-order valence-electron chi connectivity index (χ3n) is 6.81. The van der Waals surface area contributed by atoms with E-state index in [1.807, 2.05) is 12.1 Å². The van der Waals surface area contributed by atoms with Crippen LogP contribution < -0.4 is 29.3 Å². The van der Waals surface area contributed by atoms with Crippen LogP contribution in [0.15, 0.2) is 55.8 Å². The number of allylic oxidation sites excluding steroid dienone is 1. The van der Waals surface area contributed by atoms with Gasteiger partial charge in [0.25, 0.3) is 5.56 Å². The average Bonchev–Trinajstić information content (AvgIpc) is 3.52. The zero-order valence-corrected chi connectivity index (χ0v) is 22.8. The molecule has 2 aliphatic heterocycles. The van der Waals surface area contributed by atoms with Gasteiger partial charge in [-0.2, -0.15) is 0 Å². The predicted molar refractivity (Wildman–Crippen MR) is 145 cm³/mol. The quantitative estimate of drug-likeness (QED) is 0.427. The highest BCUT2D eigenvalue weighted by atomic mass is 32.1. The molecule has 9 nitrogen and oxygen atoms in total. The second kappa shape index (κ2) is 10.9. The summed E-state index contributed by atoms with van der Waals surface area (Å²) in [7, 11) is 3.11. The maximum absolute atomic E-state index is 13.9. The van der Waals surface area contributed by atoms with E-state index in [9.17, 15) is 9.59 Å². The lowest BCUT2D eigenvalue weighted by molar-refractivity contribution is -0.139. The van der Waals surface area contributed by atoms with Crippen LogP contribution >= 0.6 is 11.3 Å². The molecule has 0 saturated carbocycles. The van der Waals surface area contributed by atoms with Crippen LogP contribution in [0, 0.1) is 0 Å². The first-order valence-electron chi connectivity index (χ1n) is 12.7. The Hall–Kier alpha value is -3.79. The smallest absolute Gasteiger partial charge is 0.338 e. The second-order valence-electron chi connectivity index (χ2n) is 9.13. The molecular formula is C28H31N3O6S. The number of hydrogen-bond donors (Lipinski definition) is 0. The molecule has 1 aromatic carbocycles. The van der Waals surface area contributed by atoms with Gasteiger partial charge in [-0.05, 0) is 51.3 Å². The molecule has 10 heteroatoms. The van der Waals surface area contributed by atoms with Crippen molar-refractivity contribution in [1.82, 2.24) is 4.57 Å². The minimum Gasteiger partial charge on any atom is -0.497 e. The summed E-state index contributed by atoms with van der Waals surface area (Å²) in [6.45, 7) is 5.63. The molecule has 1 atom stereocenters. The minimum absolute atomic E-state index is 0.199. The number of benzene rings is 1. The Kier molecular flexibility index (Phi) is 7.42. The Morgan fingerprint density at radius 3 is 2.66 bits per heavy atom. The summed E-state index contributed by atoms with van der Waals surface area (Å²) in [4.78, 5) is 34.3. The molecule has 2 aliphatic rings. The molecular weight excluding hydrogens is 506 g/mol. The highest BCUT2D eigenvalue weighted by molar-refractivity contribution is 7.07. The number of carbonyl (C=O) groups is 1. The first-order chi connectivity index (χ1) is 18.4. The summed E-state index contributed by atoms with van der Waals surface area (Å²) in [6, 6.07) is 8.35. The number of hydrogen-bond acceptors (Lipinski definition) is 9. The first kappa shape index (κ1) is 25.8. The number of furan rings is 1. The van der Waals surface area contributed by atoms with Gasteiger partial charge < -0.3 is 23.5 Å². The molecule has 0 radical (unpaired) electrons. The van der Waals surface area contributed by atoms with Crippen molar-refractivity contribution in [3.63, 3.8) is 0 Å². The minimum atomic E-state index is -0.784. The molecule has 3 aromatic rings. The van der Waals surface area contributed by atoms with Crippen molar-refractivity contribution in [2.75, 3.05) is 38.8 Å². The standard InChI is InChI=1S/C28H31N3O6S/c1-5-36-27(33)24-17(2)29-28-31(25(24)20-11-9-18(34-3)15-21(20)35-4)26(32)22(38-28)16-19-10-12-23(37-19)30-13-7-6-8-14-30/h9-12,15-16,25H,5-8,13-14H2,1-4H3/b22-16+/t25-/m1/s1. The number of thiazole rings is 1. The van der Waals surface area contributed by atoms with Crippen LogP contribution in [0.5, 0.6) is 11.5 Å². The van der Waals surface area contributed by atoms with Gasteiger partial charge in [-0.25, -0.2) is 9.79 Å². The Labute approximate surface area is 224 Å². The Balaban J connectivity index is 1.64. The Bertz CT molecular complexity index is 1560. The lowest BCUT2D eigenvalue weighted by Gasteiger charge is -2.26. The number of esters is 1. The van der Waals surface area contributed by atoms with Crippen LogP contribution in [0.4, 0.5) is 5.88 Å². The van der Waals surface area contributed by atoms with Gasteiger partial charge in [0.05, 0.1) is 36.6 Å². The van der Waals surface area contributed by atoms with E-state index in [1.165, 1.54) is 22.3 Å². The summed E-state index contributed by atoms with van der Waals surface area (Å²) in [5.74, 6) is 1.96. The Morgan fingerprint density at radius 2 is 1.95 bits per heavy atom. The van der Waals surface area contributed by atoms with Crippen molar-refractivity contribution >= 4 is 29.3 Å². The molecule has 5 rings (SSSR count). The van der Waals surface area contributed by atoms with Gasteiger partial charge in [0.15, 0.2) is 10.7 Å². The molecule has 38 heavy (non-hydrogen) atoms. The van der Waals surface area contributed by atoms with E-state index in [4.69, 9.17) is 18.6 Å². The van der Waals surface area contributed by atoms with E-state index >= 15 is 0 Å². The molecule has 0 spiro atoms.